The van der Waals surface area contributed by atoms with Crippen molar-refractivity contribution in [3.63, 3.8) is 0 Å². The number of halogens is 4. The van der Waals surface area contributed by atoms with E-state index in [1.807, 2.05) is 12.1 Å². The van der Waals surface area contributed by atoms with E-state index in [1.165, 1.54) is 10.6 Å². The topological polar surface area (TPSA) is 59.3 Å². The van der Waals surface area contributed by atoms with Gasteiger partial charge in [-0.05, 0) is 18.2 Å². The number of imidazole rings is 1. The normalized spacial score (nSPS) is 11.9. The minimum Gasteiger partial charge on any atom is -0.324 e. The number of rotatable bonds is 3. The molecule has 0 atom stereocenters. The zero-order chi connectivity index (χ0) is 19.9. The molecule has 0 aliphatic carbocycles. The van der Waals surface area contributed by atoms with Crippen molar-refractivity contribution in [2.45, 2.75) is 12.6 Å². The van der Waals surface area contributed by atoms with E-state index in [0.717, 1.165) is 17.6 Å². The van der Waals surface area contributed by atoms with Gasteiger partial charge in [0.25, 0.3) is 0 Å². The molecule has 0 saturated carbocycles. The highest BCUT2D eigenvalue weighted by Gasteiger charge is 2.32. The molecule has 1 N–H and O–H groups in total. The number of aromatic nitrogens is 3. The third kappa shape index (κ3) is 3.50. The molecule has 0 aliphatic heterocycles. The first-order valence-electron chi connectivity index (χ1n) is 8.19. The minimum absolute atomic E-state index is 0.122. The van der Waals surface area contributed by atoms with E-state index in [1.54, 1.807) is 24.4 Å². The number of carbonyl (C=O) groups is 1. The first kappa shape index (κ1) is 18.2. The highest BCUT2D eigenvalue weighted by molar-refractivity contribution is 6.33. The van der Waals surface area contributed by atoms with E-state index >= 15 is 0 Å². The van der Waals surface area contributed by atoms with Gasteiger partial charge in [-0.3, -0.25) is 9.78 Å². The molecule has 3 aromatic heterocycles. The third-order valence-corrected chi connectivity index (χ3v) is 4.41. The summed E-state index contributed by atoms with van der Waals surface area (Å²) in [5, 5.41) is 3.50. The summed E-state index contributed by atoms with van der Waals surface area (Å²) in [4.78, 5) is 20.8. The molecular weight excluding hydrogens is 393 g/mol. The van der Waals surface area contributed by atoms with Crippen LogP contribution in [0.3, 0.4) is 0 Å². The third-order valence-electron chi connectivity index (χ3n) is 4.13. The van der Waals surface area contributed by atoms with Crippen LogP contribution in [0.2, 0.25) is 5.02 Å². The lowest BCUT2D eigenvalue weighted by molar-refractivity contribution is -0.137. The smallest absolute Gasteiger partial charge is 0.324 e. The highest BCUT2D eigenvalue weighted by Crippen LogP contribution is 2.32. The van der Waals surface area contributed by atoms with E-state index in [4.69, 9.17) is 11.6 Å². The Bertz CT molecular complexity index is 1200. The molecule has 0 fully saturated rings. The SMILES string of the molecule is O=C(Cc1cn2cc(C(F)(F)F)cc(Cl)c2n1)Nc1cccc2cccnc12. The summed E-state index contributed by atoms with van der Waals surface area (Å²) in [5.74, 6) is -0.367. The number of carbonyl (C=O) groups excluding carboxylic acids is 1. The summed E-state index contributed by atoms with van der Waals surface area (Å²) in [6.45, 7) is 0. The van der Waals surface area contributed by atoms with Gasteiger partial charge in [-0.25, -0.2) is 4.98 Å². The Hall–Kier alpha value is -3.13. The van der Waals surface area contributed by atoms with Gasteiger partial charge in [0.2, 0.25) is 5.91 Å². The number of pyridine rings is 2. The van der Waals surface area contributed by atoms with Crippen molar-refractivity contribution in [1.82, 2.24) is 14.4 Å². The molecule has 5 nitrogen and oxygen atoms in total. The van der Waals surface area contributed by atoms with Crippen LogP contribution < -0.4 is 5.32 Å². The van der Waals surface area contributed by atoms with Crippen molar-refractivity contribution in [2.24, 2.45) is 0 Å². The maximum atomic E-state index is 12.9. The van der Waals surface area contributed by atoms with Crippen molar-refractivity contribution in [1.29, 1.82) is 0 Å². The number of nitrogens with zero attached hydrogens (tertiary/aromatic N) is 3. The summed E-state index contributed by atoms with van der Waals surface area (Å²) in [6, 6.07) is 9.88. The lowest BCUT2D eigenvalue weighted by atomic mass is 10.2. The monoisotopic (exact) mass is 404 g/mol. The van der Waals surface area contributed by atoms with Crippen LogP contribution in [0.5, 0.6) is 0 Å². The molecule has 4 rings (SSSR count). The summed E-state index contributed by atoms with van der Waals surface area (Å²) >= 11 is 5.92. The fraction of sp³-hybridized carbons (Fsp3) is 0.105. The Kier molecular flexibility index (Phi) is 4.43. The van der Waals surface area contributed by atoms with Crippen LogP contribution in [0.1, 0.15) is 11.3 Å². The lowest BCUT2D eigenvalue weighted by Gasteiger charge is -2.07. The molecule has 1 aromatic carbocycles. The molecule has 4 aromatic rings. The predicted molar refractivity (Wildman–Crippen MR) is 99.3 cm³/mol. The van der Waals surface area contributed by atoms with Gasteiger partial charge in [0.15, 0.2) is 5.65 Å². The van der Waals surface area contributed by atoms with Gasteiger partial charge in [-0.15, -0.1) is 0 Å². The molecule has 1 amide bonds. The molecular formula is C19H12ClF3N4O. The van der Waals surface area contributed by atoms with Crippen LogP contribution in [0.4, 0.5) is 18.9 Å². The minimum atomic E-state index is -4.53. The Morgan fingerprint density at radius 1 is 1.18 bits per heavy atom. The van der Waals surface area contributed by atoms with E-state index < -0.39 is 11.7 Å². The van der Waals surface area contributed by atoms with Gasteiger partial charge >= 0.3 is 6.18 Å². The molecule has 0 unspecified atom stereocenters. The van der Waals surface area contributed by atoms with E-state index in [2.05, 4.69) is 15.3 Å². The molecule has 0 bridgehead atoms. The molecule has 3 heterocycles. The van der Waals surface area contributed by atoms with Crippen LogP contribution in [0.15, 0.2) is 55.0 Å². The van der Waals surface area contributed by atoms with Crippen LogP contribution >= 0.6 is 11.6 Å². The number of benzene rings is 1. The fourth-order valence-electron chi connectivity index (χ4n) is 2.91. The predicted octanol–water partition coefficient (Wildman–Crippen LogP) is 4.74. The number of anilines is 1. The molecule has 0 saturated heterocycles. The number of fused-ring (bicyclic) bond motifs is 2. The summed E-state index contributed by atoms with van der Waals surface area (Å²) in [7, 11) is 0. The molecule has 9 heteroatoms. The standard InChI is InChI=1S/C19H12ClF3N4O/c20-14-7-12(19(21,22)23)9-27-10-13(25-18(14)27)8-16(28)26-15-5-1-3-11-4-2-6-24-17(11)15/h1-7,9-10H,8H2,(H,26,28). The van der Waals surface area contributed by atoms with Crippen LogP contribution in [-0.2, 0) is 17.4 Å². The van der Waals surface area contributed by atoms with Gasteiger partial charge in [0.05, 0.1) is 33.9 Å². The first-order valence-corrected chi connectivity index (χ1v) is 8.57. The maximum Gasteiger partial charge on any atom is 0.417 e. The van der Waals surface area contributed by atoms with Gasteiger partial charge < -0.3 is 9.72 Å². The van der Waals surface area contributed by atoms with Crippen LogP contribution in [0, 0.1) is 0 Å². The summed E-state index contributed by atoms with van der Waals surface area (Å²) in [5.41, 5.74) is 0.756. The van der Waals surface area contributed by atoms with Crippen molar-refractivity contribution >= 4 is 39.7 Å². The number of hydrogen-bond acceptors (Lipinski definition) is 3. The Labute approximate surface area is 161 Å². The van der Waals surface area contributed by atoms with E-state index in [0.29, 0.717) is 16.9 Å². The van der Waals surface area contributed by atoms with Crippen molar-refractivity contribution in [3.8, 4) is 0 Å². The lowest BCUT2D eigenvalue weighted by Crippen LogP contribution is -2.15. The van der Waals surface area contributed by atoms with E-state index in [9.17, 15) is 18.0 Å². The fourth-order valence-corrected chi connectivity index (χ4v) is 3.17. The largest absolute Gasteiger partial charge is 0.417 e. The molecule has 0 aliphatic rings. The molecule has 0 radical (unpaired) electrons. The number of hydrogen-bond donors (Lipinski definition) is 1. The molecule has 28 heavy (non-hydrogen) atoms. The number of alkyl halides is 3. The number of para-hydroxylation sites is 1. The van der Waals surface area contributed by atoms with Gasteiger partial charge in [0, 0.05) is 24.0 Å². The van der Waals surface area contributed by atoms with Crippen LogP contribution in [-0.4, -0.2) is 20.3 Å². The maximum absolute atomic E-state index is 12.9. The second kappa shape index (κ2) is 6.79. The Morgan fingerprint density at radius 3 is 2.75 bits per heavy atom. The second-order valence-electron chi connectivity index (χ2n) is 6.14. The van der Waals surface area contributed by atoms with Crippen molar-refractivity contribution < 1.29 is 18.0 Å². The first-order chi connectivity index (χ1) is 13.3. The summed E-state index contributed by atoms with van der Waals surface area (Å²) < 4.78 is 39.9. The van der Waals surface area contributed by atoms with Gasteiger partial charge in [-0.1, -0.05) is 29.8 Å². The zero-order valence-electron chi connectivity index (χ0n) is 14.2. The van der Waals surface area contributed by atoms with Crippen molar-refractivity contribution in [2.75, 3.05) is 5.32 Å². The Balaban J connectivity index is 1.59. The number of nitrogens with one attached hydrogen (secondary N) is 1. The van der Waals surface area contributed by atoms with Gasteiger partial charge in [-0.2, -0.15) is 13.2 Å². The van der Waals surface area contributed by atoms with Gasteiger partial charge in [0.1, 0.15) is 0 Å². The second-order valence-corrected chi connectivity index (χ2v) is 6.55. The summed E-state index contributed by atoms with van der Waals surface area (Å²) in [6.07, 6.45) is -0.772. The molecule has 142 valence electrons. The highest BCUT2D eigenvalue weighted by atomic mass is 35.5. The average molecular weight is 405 g/mol. The Morgan fingerprint density at radius 2 is 1.96 bits per heavy atom. The van der Waals surface area contributed by atoms with Crippen LogP contribution in [0.25, 0.3) is 16.6 Å². The van der Waals surface area contributed by atoms with E-state index in [-0.39, 0.29) is 23.0 Å². The molecule has 0 spiro atoms. The quantitative estimate of drug-likeness (QED) is 0.536. The number of amides is 1. The van der Waals surface area contributed by atoms with Crippen molar-refractivity contribution in [3.05, 3.63) is 71.3 Å². The zero-order valence-corrected chi connectivity index (χ0v) is 14.9. The average Bonchev–Trinajstić information content (AvgIpc) is 3.04.